The van der Waals surface area contributed by atoms with E-state index in [1.165, 1.54) is 17.3 Å². The number of aromatic nitrogens is 1. The molecule has 1 aromatic heterocycles. The molecule has 0 spiro atoms. The van der Waals surface area contributed by atoms with Gasteiger partial charge in [0.2, 0.25) is 5.91 Å². The zero-order valence-electron chi connectivity index (χ0n) is 14.3. The summed E-state index contributed by atoms with van der Waals surface area (Å²) in [6, 6.07) is 12.1. The van der Waals surface area contributed by atoms with Crippen molar-refractivity contribution in [3.8, 4) is 0 Å². The molecule has 1 atom stereocenters. The lowest BCUT2D eigenvalue weighted by Gasteiger charge is -2.23. The maximum atomic E-state index is 12.1. The third kappa shape index (κ3) is 5.32. The second kappa shape index (κ2) is 8.81. The number of hydrogen-bond acceptors (Lipinski definition) is 3. The van der Waals surface area contributed by atoms with Crippen LogP contribution >= 0.6 is 11.6 Å². The molecule has 0 radical (unpaired) electrons. The average Bonchev–Trinajstić information content (AvgIpc) is 2.57. The van der Waals surface area contributed by atoms with Crippen molar-refractivity contribution in [2.45, 2.75) is 33.2 Å². The topological polar surface area (TPSA) is 54.0 Å². The molecule has 0 aliphatic heterocycles. The Balaban J connectivity index is 1.95. The molecule has 2 N–H and O–H groups in total. The summed E-state index contributed by atoms with van der Waals surface area (Å²) in [5.74, 6) is 0.749. The van der Waals surface area contributed by atoms with Crippen LogP contribution in [-0.4, -0.2) is 17.4 Å². The van der Waals surface area contributed by atoms with E-state index in [0.29, 0.717) is 16.8 Å². The maximum Gasteiger partial charge on any atom is 0.239 e. The fraction of sp³-hybridized carbons (Fsp3) is 0.368. The Morgan fingerprint density at radius 3 is 2.42 bits per heavy atom. The molecule has 0 saturated carbocycles. The smallest absolute Gasteiger partial charge is 0.239 e. The number of anilines is 1. The van der Waals surface area contributed by atoms with Gasteiger partial charge in [0.1, 0.15) is 5.82 Å². The first kappa shape index (κ1) is 18.4. The number of carbonyl (C=O) groups excluding carboxylic acids is 1. The van der Waals surface area contributed by atoms with Crippen LogP contribution in [0, 0.1) is 5.92 Å². The minimum atomic E-state index is -0.124. The molecular formula is C19H24ClN3O. The summed E-state index contributed by atoms with van der Waals surface area (Å²) < 4.78 is 0. The first-order valence-electron chi connectivity index (χ1n) is 8.23. The number of carbonyl (C=O) groups is 1. The summed E-state index contributed by atoms with van der Waals surface area (Å²) in [4.78, 5) is 16.2. The SMILES string of the molecule is CCc1ccc([C@@H](NCC(=O)Nc2ccc(Cl)cn2)C(C)C)cc1. The fourth-order valence-corrected chi connectivity index (χ4v) is 2.65. The number of hydrogen-bond donors (Lipinski definition) is 2. The van der Waals surface area contributed by atoms with Gasteiger partial charge in [-0.3, -0.25) is 4.79 Å². The summed E-state index contributed by atoms with van der Waals surface area (Å²) >= 11 is 5.79. The number of aryl methyl sites for hydroxylation is 1. The Labute approximate surface area is 148 Å². The van der Waals surface area contributed by atoms with Crippen molar-refractivity contribution in [1.29, 1.82) is 0 Å². The minimum absolute atomic E-state index is 0.124. The third-order valence-electron chi connectivity index (χ3n) is 3.89. The van der Waals surface area contributed by atoms with Crippen molar-refractivity contribution < 1.29 is 4.79 Å². The lowest BCUT2D eigenvalue weighted by atomic mass is 9.95. The van der Waals surface area contributed by atoms with Gasteiger partial charge in [-0.25, -0.2) is 4.98 Å². The molecule has 0 saturated heterocycles. The molecule has 0 aliphatic rings. The van der Waals surface area contributed by atoms with Gasteiger partial charge in [-0.2, -0.15) is 0 Å². The number of benzene rings is 1. The highest BCUT2D eigenvalue weighted by Crippen LogP contribution is 2.22. The van der Waals surface area contributed by atoms with Crippen LogP contribution in [0.5, 0.6) is 0 Å². The summed E-state index contributed by atoms with van der Waals surface area (Å²) in [5, 5.41) is 6.64. The van der Waals surface area contributed by atoms with Gasteiger partial charge >= 0.3 is 0 Å². The largest absolute Gasteiger partial charge is 0.310 e. The number of rotatable bonds is 7. The molecule has 5 heteroatoms. The number of pyridine rings is 1. The predicted octanol–water partition coefficient (Wildman–Crippen LogP) is 4.22. The highest BCUT2D eigenvalue weighted by Gasteiger charge is 2.16. The molecule has 24 heavy (non-hydrogen) atoms. The van der Waals surface area contributed by atoms with E-state index in [2.05, 4.69) is 60.7 Å². The van der Waals surface area contributed by atoms with Crippen LogP contribution in [0.15, 0.2) is 42.6 Å². The lowest BCUT2D eigenvalue weighted by Crippen LogP contribution is -2.33. The molecular weight excluding hydrogens is 322 g/mol. The van der Waals surface area contributed by atoms with Crippen LogP contribution in [0.2, 0.25) is 5.02 Å². The van der Waals surface area contributed by atoms with Gasteiger partial charge in [-0.1, -0.05) is 56.6 Å². The van der Waals surface area contributed by atoms with Crippen molar-refractivity contribution in [3.63, 3.8) is 0 Å². The van der Waals surface area contributed by atoms with Gasteiger partial charge in [0, 0.05) is 12.2 Å². The van der Waals surface area contributed by atoms with E-state index < -0.39 is 0 Å². The summed E-state index contributed by atoms with van der Waals surface area (Å²) in [7, 11) is 0. The standard InChI is InChI=1S/C19H24ClN3O/c1-4-14-5-7-15(8-6-14)19(13(2)3)22-12-18(24)23-17-10-9-16(20)11-21-17/h5-11,13,19,22H,4,12H2,1-3H3,(H,21,23,24)/t19-/m0/s1. The highest BCUT2D eigenvalue weighted by molar-refractivity contribution is 6.30. The van der Waals surface area contributed by atoms with E-state index in [1.54, 1.807) is 12.1 Å². The van der Waals surface area contributed by atoms with E-state index >= 15 is 0 Å². The molecule has 1 aromatic carbocycles. The van der Waals surface area contributed by atoms with Crippen LogP contribution in [0.4, 0.5) is 5.82 Å². The van der Waals surface area contributed by atoms with Gasteiger partial charge in [0.05, 0.1) is 11.6 Å². The van der Waals surface area contributed by atoms with Gasteiger partial charge in [-0.05, 0) is 35.6 Å². The Morgan fingerprint density at radius 1 is 1.17 bits per heavy atom. The molecule has 0 fully saturated rings. The second-order valence-corrected chi connectivity index (χ2v) is 6.54. The first-order valence-corrected chi connectivity index (χ1v) is 8.61. The maximum absolute atomic E-state index is 12.1. The van der Waals surface area contributed by atoms with Gasteiger partial charge < -0.3 is 10.6 Å². The van der Waals surface area contributed by atoms with Crippen LogP contribution in [0.3, 0.4) is 0 Å². The van der Waals surface area contributed by atoms with Crippen molar-refractivity contribution >= 4 is 23.3 Å². The quantitative estimate of drug-likeness (QED) is 0.789. The van der Waals surface area contributed by atoms with E-state index in [9.17, 15) is 4.79 Å². The van der Waals surface area contributed by atoms with E-state index in [-0.39, 0.29) is 18.5 Å². The minimum Gasteiger partial charge on any atom is -0.310 e. The van der Waals surface area contributed by atoms with Crippen LogP contribution < -0.4 is 10.6 Å². The molecule has 1 heterocycles. The molecule has 1 amide bonds. The van der Waals surface area contributed by atoms with Gasteiger partial charge in [-0.15, -0.1) is 0 Å². The van der Waals surface area contributed by atoms with E-state index in [0.717, 1.165) is 6.42 Å². The molecule has 2 rings (SSSR count). The Morgan fingerprint density at radius 2 is 1.88 bits per heavy atom. The summed E-state index contributed by atoms with van der Waals surface area (Å²) in [5.41, 5.74) is 2.51. The first-order chi connectivity index (χ1) is 11.5. The highest BCUT2D eigenvalue weighted by atomic mass is 35.5. The number of halogens is 1. The Kier molecular flexibility index (Phi) is 6.76. The normalized spacial score (nSPS) is 12.2. The fourth-order valence-electron chi connectivity index (χ4n) is 2.54. The molecule has 0 bridgehead atoms. The second-order valence-electron chi connectivity index (χ2n) is 6.11. The summed E-state index contributed by atoms with van der Waals surface area (Å²) in [6.45, 7) is 6.65. The predicted molar refractivity (Wildman–Crippen MR) is 99.3 cm³/mol. The van der Waals surface area contributed by atoms with E-state index in [1.807, 2.05) is 0 Å². The zero-order valence-corrected chi connectivity index (χ0v) is 15.1. The zero-order chi connectivity index (χ0) is 17.5. The summed E-state index contributed by atoms with van der Waals surface area (Å²) in [6.07, 6.45) is 2.54. The van der Waals surface area contributed by atoms with Crippen molar-refractivity contribution in [1.82, 2.24) is 10.3 Å². The Hall–Kier alpha value is -1.91. The molecule has 2 aromatic rings. The van der Waals surface area contributed by atoms with E-state index in [4.69, 9.17) is 11.6 Å². The lowest BCUT2D eigenvalue weighted by molar-refractivity contribution is -0.115. The van der Waals surface area contributed by atoms with Crippen molar-refractivity contribution in [2.24, 2.45) is 5.92 Å². The van der Waals surface area contributed by atoms with Gasteiger partial charge in [0.15, 0.2) is 0 Å². The number of amides is 1. The van der Waals surface area contributed by atoms with Crippen LogP contribution in [0.1, 0.15) is 37.9 Å². The van der Waals surface area contributed by atoms with Crippen molar-refractivity contribution in [3.05, 3.63) is 58.7 Å². The molecule has 4 nitrogen and oxygen atoms in total. The molecule has 0 unspecified atom stereocenters. The van der Waals surface area contributed by atoms with Crippen LogP contribution in [0.25, 0.3) is 0 Å². The monoisotopic (exact) mass is 345 g/mol. The molecule has 0 aliphatic carbocycles. The number of nitrogens with zero attached hydrogens (tertiary/aromatic N) is 1. The Bertz CT molecular complexity index is 653. The van der Waals surface area contributed by atoms with Crippen LogP contribution in [-0.2, 0) is 11.2 Å². The number of nitrogens with one attached hydrogen (secondary N) is 2. The molecule has 128 valence electrons. The average molecular weight is 346 g/mol. The van der Waals surface area contributed by atoms with Gasteiger partial charge in [0.25, 0.3) is 0 Å². The third-order valence-corrected chi connectivity index (χ3v) is 4.11. The van der Waals surface area contributed by atoms with Crippen molar-refractivity contribution in [2.75, 3.05) is 11.9 Å².